The first kappa shape index (κ1) is 14.0. The second-order valence-corrected chi connectivity index (χ2v) is 4.93. The second-order valence-electron chi connectivity index (χ2n) is 4.93. The maximum atomic E-state index is 13.8. The molecule has 0 saturated carbocycles. The minimum Gasteiger partial charge on any atom is -0.385 e. The van der Waals surface area contributed by atoms with E-state index in [0.29, 0.717) is 24.4 Å². The number of aromatic nitrogens is 2. The smallest absolute Gasteiger partial charge is 0.151 e. The summed E-state index contributed by atoms with van der Waals surface area (Å²) in [7, 11) is 1.64. The first-order valence-electron chi connectivity index (χ1n) is 6.47. The summed E-state index contributed by atoms with van der Waals surface area (Å²) in [6.07, 6.45) is 0.661. The minimum absolute atomic E-state index is 0.176. The maximum absolute atomic E-state index is 13.8. The van der Waals surface area contributed by atoms with E-state index in [1.165, 1.54) is 6.07 Å². The lowest BCUT2D eigenvalue weighted by Gasteiger charge is -2.17. The summed E-state index contributed by atoms with van der Waals surface area (Å²) in [5, 5.41) is 0. The van der Waals surface area contributed by atoms with Crippen molar-refractivity contribution in [3.05, 3.63) is 29.8 Å². The van der Waals surface area contributed by atoms with Gasteiger partial charge in [-0.25, -0.2) is 9.37 Å². The van der Waals surface area contributed by atoms with Gasteiger partial charge in [0, 0.05) is 19.8 Å². The van der Waals surface area contributed by atoms with E-state index in [2.05, 4.69) is 4.98 Å². The van der Waals surface area contributed by atoms with E-state index in [0.717, 1.165) is 5.52 Å². The molecule has 0 radical (unpaired) electrons. The molecule has 1 unspecified atom stereocenters. The Kier molecular flexibility index (Phi) is 4.17. The number of nitrogens with two attached hydrogens (primary N) is 1. The highest BCUT2D eigenvalue weighted by Gasteiger charge is 2.20. The molecule has 1 aromatic carbocycles. The SMILES string of the molecule is COCCC(N)c1nc2c(F)cccc2n1C(C)C. The molecule has 0 amide bonds. The van der Waals surface area contributed by atoms with Gasteiger partial charge in [-0.15, -0.1) is 0 Å². The average Bonchev–Trinajstić information content (AvgIpc) is 2.77. The van der Waals surface area contributed by atoms with Crippen molar-refractivity contribution in [1.29, 1.82) is 0 Å². The number of fused-ring (bicyclic) bond motifs is 1. The third-order valence-corrected chi connectivity index (χ3v) is 3.18. The summed E-state index contributed by atoms with van der Waals surface area (Å²) in [4.78, 5) is 4.39. The van der Waals surface area contributed by atoms with E-state index in [4.69, 9.17) is 10.5 Å². The minimum atomic E-state index is -0.308. The van der Waals surface area contributed by atoms with Crippen molar-refractivity contribution >= 4 is 11.0 Å². The lowest BCUT2D eigenvalue weighted by molar-refractivity contribution is 0.186. The van der Waals surface area contributed by atoms with Crippen LogP contribution in [-0.2, 0) is 4.74 Å². The number of ether oxygens (including phenoxy) is 1. The van der Waals surface area contributed by atoms with Gasteiger partial charge in [0.25, 0.3) is 0 Å². The molecular formula is C14H20FN3O. The van der Waals surface area contributed by atoms with Crippen molar-refractivity contribution in [2.45, 2.75) is 32.4 Å². The third-order valence-electron chi connectivity index (χ3n) is 3.18. The van der Waals surface area contributed by atoms with Crippen molar-refractivity contribution < 1.29 is 9.13 Å². The number of benzene rings is 1. The molecule has 2 aromatic rings. The molecule has 0 aliphatic rings. The van der Waals surface area contributed by atoms with Gasteiger partial charge in [0.05, 0.1) is 11.6 Å². The maximum Gasteiger partial charge on any atom is 0.151 e. The van der Waals surface area contributed by atoms with E-state index in [1.807, 2.05) is 24.5 Å². The molecule has 0 bridgehead atoms. The number of halogens is 1. The zero-order chi connectivity index (χ0) is 14.0. The van der Waals surface area contributed by atoms with Crippen molar-refractivity contribution in [1.82, 2.24) is 9.55 Å². The zero-order valence-electron chi connectivity index (χ0n) is 11.6. The van der Waals surface area contributed by atoms with Crippen molar-refractivity contribution in [3.63, 3.8) is 0 Å². The Morgan fingerprint density at radius 1 is 1.42 bits per heavy atom. The average molecular weight is 265 g/mol. The van der Waals surface area contributed by atoms with E-state index < -0.39 is 0 Å². The summed E-state index contributed by atoms with van der Waals surface area (Å²) in [6, 6.07) is 4.91. The molecule has 5 heteroatoms. The number of hydrogen-bond donors (Lipinski definition) is 1. The Balaban J connectivity index is 2.53. The van der Waals surface area contributed by atoms with Crippen LogP contribution in [0.5, 0.6) is 0 Å². The summed E-state index contributed by atoms with van der Waals surface area (Å²) in [5.74, 6) is 0.407. The zero-order valence-corrected chi connectivity index (χ0v) is 11.6. The van der Waals surface area contributed by atoms with Crippen LogP contribution in [0.15, 0.2) is 18.2 Å². The van der Waals surface area contributed by atoms with Gasteiger partial charge >= 0.3 is 0 Å². The van der Waals surface area contributed by atoms with Crippen LogP contribution >= 0.6 is 0 Å². The lowest BCUT2D eigenvalue weighted by Crippen LogP contribution is -2.19. The number of methoxy groups -OCH3 is 1. The summed E-state index contributed by atoms with van der Waals surface area (Å²) in [6.45, 7) is 4.64. The van der Waals surface area contributed by atoms with E-state index in [-0.39, 0.29) is 17.9 Å². The molecule has 1 aromatic heterocycles. The fourth-order valence-corrected chi connectivity index (χ4v) is 2.28. The lowest BCUT2D eigenvalue weighted by atomic mass is 10.2. The molecule has 2 N–H and O–H groups in total. The molecule has 104 valence electrons. The highest BCUT2D eigenvalue weighted by molar-refractivity contribution is 5.77. The van der Waals surface area contributed by atoms with Gasteiger partial charge < -0.3 is 15.0 Å². The molecule has 0 fully saturated rings. The summed E-state index contributed by atoms with van der Waals surface area (Å²) in [5.41, 5.74) is 7.33. The summed E-state index contributed by atoms with van der Waals surface area (Å²) >= 11 is 0. The van der Waals surface area contributed by atoms with Gasteiger partial charge in [-0.2, -0.15) is 0 Å². The fraction of sp³-hybridized carbons (Fsp3) is 0.500. The molecule has 4 nitrogen and oxygen atoms in total. The van der Waals surface area contributed by atoms with Crippen LogP contribution < -0.4 is 5.73 Å². The van der Waals surface area contributed by atoms with Gasteiger partial charge in [-0.05, 0) is 32.4 Å². The van der Waals surface area contributed by atoms with Crippen LogP contribution in [0.3, 0.4) is 0 Å². The highest BCUT2D eigenvalue weighted by atomic mass is 19.1. The summed E-state index contributed by atoms with van der Waals surface area (Å²) < 4.78 is 20.9. The van der Waals surface area contributed by atoms with Crippen LogP contribution in [0.25, 0.3) is 11.0 Å². The first-order valence-corrected chi connectivity index (χ1v) is 6.47. The molecular weight excluding hydrogens is 245 g/mol. The van der Waals surface area contributed by atoms with E-state index in [1.54, 1.807) is 13.2 Å². The van der Waals surface area contributed by atoms with Crippen LogP contribution in [-0.4, -0.2) is 23.3 Å². The number of para-hydroxylation sites is 1. The monoisotopic (exact) mass is 265 g/mol. The predicted octanol–water partition coefficient (Wildman–Crippen LogP) is 2.79. The number of rotatable bonds is 5. The number of hydrogen-bond acceptors (Lipinski definition) is 3. The molecule has 2 rings (SSSR count). The third kappa shape index (κ3) is 2.62. The Labute approximate surface area is 112 Å². The molecule has 0 aliphatic heterocycles. The second kappa shape index (κ2) is 5.67. The Bertz CT molecular complexity index is 565. The predicted molar refractivity (Wildman–Crippen MR) is 73.5 cm³/mol. The van der Waals surface area contributed by atoms with E-state index in [9.17, 15) is 4.39 Å². The Morgan fingerprint density at radius 2 is 2.16 bits per heavy atom. The van der Waals surface area contributed by atoms with Crippen molar-refractivity contribution in [3.8, 4) is 0 Å². The van der Waals surface area contributed by atoms with Crippen LogP contribution in [0.2, 0.25) is 0 Å². The van der Waals surface area contributed by atoms with Gasteiger partial charge in [0.2, 0.25) is 0 Å². The largest absolute Gasteiger partial charge is 0.385 e. The molecule has 1 heterocycles. The van der Waals surface area contributed by atoms with E-state index >= 15 is 0 Å². The molecule has 0 aliphatic carbocycles. The first-order chi connectivity index (χ1) is 9.06. The Hall–Kier alpha value is -1.46. The van der Waals surface area contributed by atoms with Gasteiger partial charge in [0.1, 0.15) is 11.3 Å². The molecule has 0 saturated heterocycles. The van der Waals surface area contributed by atoms with Crippen molar-refractivity contribution in [2.24, 2.45) is 5.73 Å². The quantitative estimate of drug-likeness (QED) is 0.904. The van der Waals surface area contributed by atoms with Crippen LogP contribution in [0, 0.1) is 5.82 Å². The highest BCUT2D eigenvalue weighted by Crippen LogP contribution is 2.26. The van der Waals surface area contributed by atoms with Crippen molar-refractivity contribution in [2.75, 3.05) is 13.7 Å². The van der Waals surface area contributed by atoms with Gasteiger partial charge in [-0.1, -0.05) is 6.07 Å². The Morgan fingerprint density at radius 3 is 2.79 bits per heavy atom. The topological polar surface area (TPSA) is 53.1 Å². The fourth-order valence-electron chi connectivity index (χ4n) is 2.28. The molecule has 1 atom stereocenters. The number of imidazole rings is 1. The number of nitrogens with zero attached hydrogens (tertiary/aromatic N) is 2. The van der Waals surface area contributed by atoms with Gasteiger partial charge in [0.15, 0.2) is 5.82 Å². The molecule has 19 heavy (non-hydrogen) atoms. The van der Waals surface area contributed by atoms with Crippen LogP contribution in [0.4, 0.5) is 4.39 Å². The molecule has 0 spiro atoms. The normalized spacial score (nSPS) is 13.4. The standard InChI is InChI=1S/C14H20FN3O/c1-9(2)18-12-6-4-5-10(15)13(12)17-14(18)11(16)7-8-19-3/h4-6,9,11H,7-8,16H2,1-3H3. The van der Waals surface area contributed by atoms with Crippen LogP contribution in [0.1, 0.15) is 38.2 Å². The van der Waals surface area contributed by atoms with Gasteiger partial charge in [-0.3, -0.25) is 0 Å².